The Bertz CT molecular complexity index is 368. The van der Waals surface area contributed by atoms with Crippen molar-refractivity contribution < 1.29 is 19.1 Å². The summed E-state index contributed by atoms with van der Waals surface area (Å²) in [6, 6.07) is -0.407. The van der Waals surface area contributed by atoms with Gasteiger partial charge >= 0.3 is 0 Å². The number of ether oxygens (including phenoxy) is 1. The van der Waals surface area contributed by atoms with Crippen molar-refractivity contribution in [3.05, 3.63) is 0 Å². The summed E-state index contributed by atoms with van der Waals surface area (Å²) in [6.45, 7) is 2.03. The van der Waals surface area contributed by atoms with Crippen LogP contribution in [0.4, 0.5) is 0 Å². The zero-order chi connectivity index (χ0) is 12.6. The summed E-state index contributed by atoms with van der Waals surface area (Å²) in [7, 11) is 0. The number of piperazine rings is 1. The summed E-state index contributed by atoms with van der Waals surface area (Å²) >= 11 is 0. The number of nitrogens with zero attached hydrogens (tertiary/aromatic N) is 1. The molecule has 0 aromatic rings. The fourth-order valence-corrected chi connectivity index (χ4v) is 2.05. The highest BCUT2D eigenvalue weighted by molar-refractivity contribution is 6.03. The highest BCUT2D eigenvalue weighted by Gasteiger charge is 2.47. The number of hydrogen-bond acceptors (Lipinski definition) is 5. The average Bonchev–Trinajstić information content (AvgIpc) is 2.58. The molecule has 2 fully saturated rings. The van der Waals surface area contributed by atoms with Crippen molar-refractivity contribution in [2.45, 2.75) is 13.0 Å². The Morgan fingerprint density at radius 3 is 2.53 bits per heavy atom. The summed E-state index contributed by atoms with van der Waals surface area (Å²) in [5.74, 6) is -1.23. The number of amides is 3. The first-order valence-corrected chi connectivity index (χ1v) is 5.39. The Hall–Kier alpha value is -1.47. The van der Waals surface area contributed by atoms with E-state index >= 15 is 0 Å². The molecule has 2 rings (SSSR count). The van der Waals surface area contributed by atoms with Gasteiger partial charge in [-0.25, -0.2) is 0 Å². The number of hydrogen-bond donors (Lipinski definition) is 2. The van der Waals surface area contributed by atoms with Crippen molar-refractivity contribution >= 4 is 17.7 Å². The molecular formula is C10H15N3O4. The van der Waals surface area contributed by atoms with Crippen molar-refractivity contribution in [2.75, 3.05) is 26.3 Å². The van der Waals surface area contributed by atoms with Crippen LogP contribution in [0.1, 0.15) is 6.92 Å². The number of nitrogens with one attached hydrogen (secondary N) is 1. The van der Waals surface area contributed by atoms with Crippen LogP contribution < -0.4 is 11.1 Å². The molecule has 2 aliphatic rings. The molecular weight excluding hydrogens is 226 g/mol. The second kappa shape index (κ2) is 4.08. The predicted octanol–water partition coefficient (Wildman–Crippen LogP) is -2.16. The van der Waals surface area contributed by atoms with Crippen LogP contribution in [-0.4, -0.2) is 55.0 Å². The van der Waals surface area contributed by atoms with E-state index in [4.69, 9.17) is 10.5 Å². The molecule has 0 aromatic heterocycles. The molecule has 7 nitrogen and oxygen atoms in total. The van der Waals surface area contributed by atoms with Crippen molar-refractivity contribution in [3.8, 4) is 0 Å². The number of rotatable bonds is 1. The van der Waals surface area contributed by atoms with Crippen LogP contribution in [0.15, 0.2) is 0 Å². The molecule has 0 bridgehead atoms. The fraction of sp³-hybridized carbons (Fsp3) is 0.700. The molecule has 2 saturated heterocycles. The molecule has 0 radical (unpaired) electrons. The molecule has 2 aliphatic heterocycles. The van der Waals surface area contributed by atoms with E-state index in [-0.39, 0.29) is 25.6 Å². The summed E-state index contributed by atoms with van der Waals surface area (Å²) in [5.41, 5.74) is 4.98. The predicted molar refractivity (Wildman–Crippen MR) is 56.6 cm³/mol. The van der Waals surface area contributed by atoms with Gasteiger partial charge in [0.25, 0.3) is 0 Å². The van der Waals surface area contributed by atoms with E-state index in [9.17, 15) is 14.4 Å². The zero-order valence-corrected chi connectivity index (χ0v) is 9.56. The van der Waals surface area contributed by atoms with Crippen LogP contribution in [0.3, 0.4) is 0 Å². The van der Waals surface area contributed by atoms with Gasteiger partial charge < -0.3 is 15.4 Å². The molecule has 7 heteroatoms. The minimum Gasteiger partial charge on any atom is -0.379 e. The van der Waals surface area contributed by atoms with Gasteiger partial charge in [0, 0.05) is 6.04 Å². The summed E-state index contributed by atoms with van der Waals surface area (Å²) in [4.78, 5) is 35.9. The van der Waals surface area contributed by atoms with Crippen LogP contribution in [0, 0.1) is 5.41 Å². The minimum absolute atomic E-state index is 0.104. The largest absolute Gasteiger partial charge is 0.379 e. The Labute approximate surface area is 98.3 Å². The van der Waals surface area contributed by atoms with E-state index in [1.165, 1.54) is 4.90 Å². The molecule has 3 amide bonds. The van der Waals surface area contributed by atoms with Gasteiger partial charge in [-0.15, -0.1) is 0 Å². The minimum atomic E-state index is -0.849. The van der Waals surface area contributed by atoms with Crippen LogP contribution in [0.25, 0.3) is 0 Å². The number of imide groups is 1. The topological polar surface area (TPSA) is 102 Å². The fourth-order valence-electron chi connectivity index (χ4n) is 2.05. The quantitative estimate of drug-likeness (QED) is 0.509. The molecule has 2 atom stereocenters. The lowest BCUT2D eigenvalue weighted by molar-refractivity contribution is -0.151. The van der Waals surface area contributed by atoms with E-state index in [1.54, 1.807) is 6.92 Å². The van der Waals surface area contributed by atoms with Gasteiger partial charge in [-0.1, -0.05) is 0 Å². The molecule has 3 N–H and O–H groups in total. The van der Waals surface area contributed by atoms with Crippen LogP contribution in [0.2, 0.25) is 0 Å². The van der Waals surface area contributed by atoms with Crippen molar-refractivity contribution in [3.63, 3.8) is 0 Å². The first kappa shape index (κ1) is 12.0. The third-order valence-corrected chi connectivity index (χ3v) is 3.24. The highest BCUT2D eigenvalue weighted by Crippen LogP contribution is 2.29. The molecule has 0 aromatic carbocycles. The van der Waals surface area contributed by atoms with E-state index < -0.39 is 23.3 Å². The first-order valence-electron chi connectivity index (χ1n) is 5.39. The number of nitrogens with two attached hydrogens (primary N) is 1. The Morgan fingerprint density at radius 2 is 2.06 bits per heavy atom. The maximum Gasteiger partial charge on any atom is 0.246 e. The Balaban J connectivity index is 2.14. The maximum absolute atomic E-state index is 12.3. The second-order valence-corrected chi connectivity index (χ2v) is 4.67. The van der Waals surface area contributed by atoms with Gasteiger partial charge in [-0.2, -0.15) is 0 Å². The molecule has 0 aliphatic carbocycles. The van der Waals surface area contributed by atoms with Crippen molar-refractivity contribution in [1.29, 1.82) is 0 Å². The van der Waals surface area contributed by atoms with Gasteiger partial charge in [-0.05, 0) is 6.92 Å². The van der Waals surface area contributed by atoms with Gasteiger partial charge in [0.1, 0.15) is 13.1 Å². The van der Waals surface area contributed by atoms with Gasteiger partial charge in [0.2, 0.25) is 17.7 Å². The lowest BCUT2D eigenvalue weighted by Gasteiger charge is -2.34. The third kappa shape index (κ3) is 2.03. The molecule has 0 spiro atoms. The van der Waals surface area contributed by atoms with Crippen LogP contribution in [0.5, 0.6) is 0 Å². The van der Waals surface area contributed by atoms with E-state index in [0.717, 1.165) is 0 Å². The maximum atomic E-state index is 12.3. The zero-order valence-electron chi connectivity index (χ0n) is 9.56. The summed E-state index contributed by atoms with van der Waals surface area (Å²) in [5, 5.41) is 2.14. The monoisotopic (exact) mass is 241 g/mol. The van der Waals surface area contributed by atoms with Crippen molar-refractivity contribution in [1.82, 2.24) is 10.2 Å². The normalized spacial score (nSPS) is 33.8. The molecule has 0 saturated carbocycles. The smallest absolute Gasteiger partial charge is 0.246 e. The SMILES string of the molecule is CC1(C(=O)N2CC(=O)NC(=O)C2)COCC1N. The van der Waals surface area contributed by atoms with Gasteiger partial charge in [0.05, 0.1) is 18.6 Å². The van der Waals surface area contributed by atoms with Crippen molar-refractivity contribution in [2.24, 2.45) is 11.1 Å². The highest BCUT2D eigenvalue weighted by atomic mass is 16.5. The second-order valence-electron chi connectivity index (χ2n) is 4.67. The average molecular weight is 241 g/mol. The van der Waals surface area contributed by atoms with Crippen LogP contribution >= 0.6 is 0 Å². The number of carbonyl (C=O) groups is 3. The Kier molecular flexibility index (Phi) is 2.88. The van der Waals surface area contributed by atoms with Gasteiger partial charge in [0.15, 0.2) is 0 Å². The standard InChI is InChI=1S/C10H15N3O4/c1-10(5-17-4-6(10)11)9(16)13-2-7(14)12-8(15)3-13/h6H,2-5,11H2,1H3,(H,12,14,15). The molecule has 94 valence electrons. The Morgan fingerprint density at radius 1 is 1.47 bits per heavy atom. The lowest BCUT2D eigenvalue weighted by Crippen LogP contribution is -2.59. The van der Waals surface area contributed by atoms with Gasteiger partial charge in [-0.3, -0.25) is 19.7 Å². The third-order valence-electron chi connectivity index (χ3n) is 3.24. The van der Waals surface area contributed by atoms with E-state index in [1.807, 2.05) is 0 Å². The molecule has 2 heterocycles. The molecule has 2 unspecified atom stereocenters. The van der Waals surface area contributed by atoms with Crippen LogP contribution in [-0.2, 0) is 19.1 Å². The lowest BCUT2D eigenvalue weighted by atomic mass is 9.84. The van der Waals surface area contributed by atoms with E-state index in [2.05, 4.69) is 5.32 Å². The number of carbonyl (C=O) groups excluding carboxylic acids is 3. The summed E-state index contributed by atoms with van der Waals surface area (Å²) < 4.78 is 5.18. The molecule has 17 heavy (non-hydrogen) atoms. The van der Waals surface area contributed by atoms with E-state index in [0.29, 0.717) is 6.61 Å². The first-order chi connectivity index (χ1) is 7.93. The summed E-state index contributed by atoms with van der Waals surface area (Å²) in [6.07, 6.45) is 0.